The number of amides is 1. The molecule has 3 heterocycles. The van der Waals surface area contributed by atoms with E-state index in [2.05, 4.69) is 20.3 Å². The highest BCUT2D eigenvalue weighted by molar-refractivity contribution is 5.91. The molecule has 0 aliphatic rings. The maximum absolute atomic E-state index is 12.4. The Morgan fingerprint density at radius 3 is 2.76 bits per heavy atom. The Bertz CT molecular complexity index is 909. The molecule has 12 heteroatoms. The average Bonchev–Trinajstić information content (AvgIpc) is 3.30. The van der Waals surface area contributed by atoms with Gasteiger partial charge in [-0.05, 0) is 17.1 Å². The zero-order chi connectivity index (χ0) is 18.0. The lowest BCUT2D eigenvalue weighted by atomic mass is 10.3. The molecule has 0 spiro atoms. The number of nitro groups is 1. The number of hydrogen-bond donors (Lipinski definition) is 0. The molecule has 130 valence electrons. The van der Waals surface area contributed by atoms with E-state index < -0.39 is 10.9 Å². The van der Waals surface area contributed by atoms with Crippen molar-refractivity contribution < 1.29 is 9.72 Å². The van der Waals surface area contributed by atoms with Crippen LogP contribution in [0.25, 0.3) is 0 Å². The van der Waals surface area contributed by atoms with Crippen LogP contribution in [-0.2, 0) is 20.3 Å². The Hall–Kier alpha value is -3.57. The van der Waals surface area contributed by atoms with Crippen molar-refractivity contribution in [1.29, 1.82) is 0 Å². The van der Waals surface area contributed by atoms with Crippen LogP contribution < -0.4 is 0 Å². The van der Waals surface area contributed by atoms with Gasteiger partial charge in [-0.1, -0.05) is 4.98 Å². The van der Waals surface area contributed by atoms with E-state index in [9.17, 15) is 14.9 Å². The van der Waals surface area contributed by atoms with E-state index in [1.54, 1.807) is 37.2 Å². The Kier molecular flexibility index (Phi) is 4.24. The average molecular weight is 345 g/mol. The zero-order valence-corrected chi connectivity index (χ0v) is 13.6. The van der Waals surface area contributed by atoms with Crippen molar-refractivity contribution in [2.24, 2.45) is 7.05 Å². The van der Waals surface area contributed by atoms with Gasteiger partial charge in [0, 0.05) is 31.6 Å². The summed E-state index contributed by atoms with van der Waals surface area (Å²) >= 11 is 0. The predicted molar refractivity (Wildman–Crippen MR) is 83.3 cm³/mol. The fourth-order valence-corrected chi connectivity index (χ4v) is 2.21. The van der Waals surface area contributed by atoms with E-state index in [4.69, 9.17) is 0 Å². The summed E-state index contributed by atoms with van der Waals surface area (Å²) in [6, 6.07) is 3.41. The fourth-order valence-electron chi connectivity index (χ4n) is 2.21. The van der Waals surface area contributed by atoms with Crippen molar-refractivity contribution in [2.45, 2.75) is 13.2 Å². The minimum atomic E-state index is -0.679. The molecule has 0 unspecified atom stereocenters. The van der Waals surface area contributed by atoms with Crippen molar-refractivity contribution in [1.82, 2.24) is 39.2 Å². The molecule has 3 aromatic rings. The summed E-state index contributed by atoms with van der Waals surface area (Å²) in [5.41, 5.74) is 1.16. The number of aryl methyl sites for hydroxylation is 1. The lowest BCUT2D eigenvalue weighted by Crippen LogP contribution is -2.27. The molecule has 3 rings (SSSR count). The van der Waals surface area contributed by atoms with Crippen LogP contribution in [0.5, 0.6) is 0 Å². The minimum absolute atomic E-state index is 0.111. The molecular weight excluding hydrogens is 330 g/mol. The molecule has 0 N–H and O–H groups in total. The molecule has 0 aliphatic carbocycles. The van der Waals surface area contributed by atoms with Crippen LogP contribution in [0.15, 0.2) is 30.9 Å². The van der Waals surface area contributed by atoms with Crippen molar-refractivity contribution in [3.8, 4) is 0 Å². The molecule has 0 aliphatic heterocycles. The van der Waals surface area contributed by atoms with Crippen molar-refractivity contribution >= 4 is 11.9 Å². The van der Waals surface area contributed by atoms with Crippen LogP contribution in [0, 0.1) is 10.1 Å². The monoisotopic (exact) mass is 345 g/mol. The van der Waals surface area contributed by atoms with Gasteiger partial charge in [0.15, 0.2) is 6.67 Å². The standard InChI is InChI=1S/C13H15N9O3/c1-18(7-10-3-5-15-19(10)2)12(23)11-4-6-20(16-11)9-21-8-14-13(17-21)22(24)25/h3-6,8H,7,9H2,1-2H3. The molecule has 0 bridgehead atoms. The van der Waals surface area contributed by atoms with Gasteiger partial charge in [-0.2, -0.15) is 14.9 Å². The second-order valence-corrected chi connectivity index (χ2v) is 5.33. The second-order valence-electron chi connectivity index (χ2n) is 5.33. The molecule has 0 saturated heterocycles. The van der Waals surface area contributed by atoms with Gasteiger partial charge in [0.2, 0.25) is 6.33 Å². The van der Waals surface area contributed by atoms with Crippen LogP contribution in [0.2, 0.25) is 0 Å². The summed E-state index contributed by atoms with van der Waals surface area (Å²) in [6.07, 6.45) is 4.49. The highest BCUT2D eigenvalue weighted by atomic mass is 16.6. The van der Waals surface area contributed by atoms with Crippen molar-refractivity contribution in [2.75, 3.05) is 7.05 Å². The summed E-state index contributed by atoms with van der Waals surface area (Å²) in [5.74, 6) is -0.733. The van der Waals surface area contributed by atoms with Gasteiger partial charge < -0.3 is 15.0 Å². The molecular formula is C13H15N9O3. The van der Waals surface area contributed by atoms with Gasteiger partial charge in [-0.15, -0.1) is 0 Å². The molecule has 0 aromatic carbocycles. The summed E-state index contributed by atoms with van der Waals surface area (Å²) in [4.78, 5) is 27.4. The number of nitrogens with zero attached hydrogens (tertiary/aromatic N) is 9. The van der Waals surface area contributed by atoms with E-state index in [-0.39, 0.29) is 18.3 Å². The molecule has 25 heavy (non-hydrogen) atoms. The van der Waals surface area contributed by atoms with Crippen LogP contribution in [-0.4, -0.2) is 57.1 Å². The number of rotatable bonds is 6. The van der Waals surface area contributed by atoms with Crippen LogP contribution >= 0.6 is 0 Å². The lowest BCUT2D eigenvalue weighted by Gasteiger charge is -2.15. The maximum Gasteiger partial charge on any atom is 0.491 e. The van der Waals surface area contributed by atoms with Crippen LogP contribution in [0.1, 0.15) is 16.2 Å². The van der Waals surface area contributed by atoms with Gasteiger partial charge in [0.05, 0.1) is 12.2 Å². The van der Waals surface area contributed by atoms with E-state index in [1.165, 1.54) is 20.6 Å². The smallest absolute Gasteiger partial charge is 0.390 e. The maximum atomic E-state index is 12.4. The third kappa shape index (κ3) is 3.52. The molecule has 12 nitrogen and oxygen atoms in total. The first-order valence-corrected chi connectivity index (χ1v) is 7.23. The summed E-state index contributed by atoms with van der Waals surface area (Å²) in [6.45, 7) is 0.511. The summed E-state index contributed by atoms with van der Waals surface area (Å²) < 4.78 is 4.41. The van der Waals surface area contributed by atoms with Crippen LogP contribution in [0.4, 0.5) is 5.95 Å². The summed E-state index contributed by atoms with van der Waals surface area (Å²) in [7, 11) is 3.48. The predicted octanol–water partition coefficient (Wildman–Crippen LogP) is -0.106. The van der Waals surface area contributed by atoms with Gasteiger partial charge in [-0.3, -0.25) is 9.48 Å². The highest BCUT2D eigenvalue weighted by Crippen LogP contribution is 2.07. The first kappa shape index (κ1) is 16.3. The Morgan fingerprint density at radius 1 is 1.32 bits per heavy atom. The quantitative estimate of drug-likeness (QED) is 0.450. The Balaban J connectivity index is 1.66. The first-order chi connectivity index (χ1) is 11.9. The fraction of sp³-hybridized carbons (Fsp3) is 0.308. The molecule has 3 aromatic heterocycles. The molecule has 1 amide bonds. The largest absolute Gasteiger partial charge is 0.491 e. The van der Waals surface area contributed by atoms with Gasteiger partial charge in [0.25, 0.3) is 5.91 Å². The Morgan fingerprint density at radius 2 is 2.12 bits per heavy atom. The number of aromatic nitrogens is 7. The van der Waals surface area contributed by atoms with Crippen LogP contribution in [0.3, 0.4) is 0 Å². The highest BCUT2D eigenvalue weighted by Gasteiger charge is 2.17. The van der Waals surface area contributed by atoms with Gasteiger partial charge in [-0.25, -0.2) is 4.68 Å². The third-order valence-corrected chi connectivity index (χ3v) is 3.51. The lowest BCUT2D eigenvalue weighted by molar-refractivity contribution is -0.394. The second kappa shape index (κ2) is 6.51. The zero-order valence-electron chi connectivity index (χ0n) is 13.6. The topological polar surface area (TPSA) is 130 Å². The van der Waals surface area contributed by atoms with Gasteiger partial charge in [0.1, 0.15) is 5.69 Å². The normalized spacial score (nSPS) is 10.8. The van der Waals surface area contributed by atoms with E-state index in [0.29, 0.717) is 6.54 Å². The molecule has 0 fully saturated rings. The summed E-state index contributed by atoms with van der Waals surface area (Å²) in [5, 5.41) is 22.5. The SMILES string of the molecule is CN(Cc1ccnn1C)C(=O)c1ccn(Cn2cnc([N+](=O)[O-])n2)n1. The molecule has 0 radical (unpaired) electrons. The van der Waals surface area contributed by atoms with E-state index >= 15 is 0 Å². The number of carbonyl (C=O) groups is 1. The van der Waals surface area contributed by atoms with Crippen molar-refractivity contribution in [3.63, 3.8) is 0 Å². The first-order valence-electron chi connectivity index (χ1n) is 7.23. The molecule has 0 atom stereocenters. The number of carbonyl (C=O) groups excluding carboxylic acids is 1. The molecule has 0 saturated carbocycles. The van der Waals surface area contributed by atoms with E-state index in [1.807, 2.05) is 6.07 Å². The third-order valence-electron chi connectivity index (χ3n) is 3.51. The minimum Gasteiger partial charge on any atom is -0.390 e. The number of hydrogen-bond acceptors (Lipinski definition) is 7. The van der Waals surface area contributed by atoms with E-state index in [0.717, 1.165) is 5.69 Å². The Labute approximate surface area is 141 Å². The van der Waals surface area contributed by atoms with Crippen molar-refractivity contribution in [3.05, 3.63) is 52.4 Å². The van der Waals surface area contributed by atoms with Gasteiger partial charge >= 0.3 is 5.95 Å².